The number of aryl methyl sites for hydroxylation is 3. The molecule has 0 saturated carbocycles. The Balaban J connectivity index is 2.21. The number of carbonyl (C=O) groups is 1. The van der Waals surface area contributed by atoms with E-state index < -0.39 is 0 Å². The van der Waals surface area contributed by atoms with Crippen LogP contribution in [0.2, 0.25) is 5.15 Å². The molecule has 1 N–H and O–H groups in total. The molecule has 0 bridgehead atoms. The Morgan fingerprint density at radius 3 is 2.58 bits per heavy atom. The third-order valence-electron chi connectivity index (χ3n) is 2.61. The molecule has 0 aliphatic carbocycles. The Bertz CT molecular complexity index is 605. The van der Waals surface area contributed by atoms with Crippen molar-refractivity contribution in [3.63, 3.8) is 0 Å². The number of halogens is 1. The molecule has 2 heterocycles. The Labute approximate surface area is 115 Å². The van der Waals surface area contributed by atoms with Gasteiger partial charge in [-0.1, -0.05) is 11.6 Å². The molecule has 0 aliphatic heterocycles. The highest BCUT2D eigenvalue weighted by Gasteiger charge is 2.12. The molecule has 100 valence electrons. The fourth-order valence-corrected chi connectivity index (χ4v) is 1.82. The Kier molecular flexibility index (Phi) is 3.80. The molecule has 0 radical (unpaired) electrons. The number of hydrogen-bond acceptors (Lipinski definition) is 6. The van der Waals surface area contributed by atoms with Crippen molar-refractivity contribution in [1.82, 2.24) is 15.0 Å². The summed E-state index contributed by atoms with van der Waals surface area (Å²) >= 11 is 5.88. The molecular weight excluding hydrogens is 268 g/mol. The minimum Gasteiger partial charge on any atom is -0.444 e. The first-order valence-electron chi connectivity index (χ1n) is 5.67. The molecule has 2 rings (SSSR count). The molecule has 0 aliphatic rings. The monoisotopic (exact) mass is 280 g/mol. The van der Waals surface area contributed by atoms with Gasteiger partial charge in [0.25, 0.3) is 0 Å². The summed E-state index contributed by atoms with van der Waals surface area (Å²) in [5.41, 5.74) is 1.07. The first-order valence-corrected chi connectivity index (χ1v) is 6.05. The van der Waals surface area contributed by atoms with Gasteiger partial charge in [0.2, 0.25) is 5.89 Å². The van der Waals surface area contributed by atoms with Gasteiger partial charge in [0.15, 0.2) is 6.29 Å². The van der Waals surface area contributed by atoms with Gasteiger partial charge in [0.05, 0.1) is 17.8 Å². The fraction of sp³-hybridized carbons (Fsp3) is 0.333. The van der Waals surface area contributed by atoms with Crippen molar-refractivity contribution in [3.8, 4) is 0 Å². The normalized spacial score (nSPS) is 10.5. The lowest BCUT2D eigenvalue weighted by molar-refractivity contribution is 0.112. The predicted molar refractivity (Wildman–Crippen MR) is 70.5 cm³/mol. The number of carbonyl (C=O) groups excluding carboxylic acids is 1. The lowest BCUT2D eigenvalue weighted by Gasteiger charge is -2.07. The third kappa shape index (κ3) is 2.90. The second-order valence-corrected chi connectivity index (χ2v) is 4.40. The van der Waals surface area contributed by atoms with Gasteiger partial charge in [-0.05, 0) is 20.8 Å². The molecule has 0 spiro atoms. The van der Waals surface area contributed by atoms with Crippen molar-refractivity contribution in [2.75, 3.05) is 5.32 Å². The van der Waals surface area contributed by atoms with E-state index in [0.717, 1.165) is 11.5 Å². The molecule has 0 unspecified atom stereocenters. The molecule has 2 aromatic heterocycles. The topological polar surface area (TPSA) is 80.9 Å². The highest BCUT2D eigenvalue weighted by molar-refractivity contribution is 6.32. The van der Waals surface area contributed by atoms with Gasteiger partial charge in [-0.25, -0.2) is 15.0 Å². The minimum absolute atomic E-state index is 0.129. The van der Waals surface area contributed by atoms with E-state index in [1.807, 2.05) is 13.8 Å². The molecule has 2 aromatic rings. The summed E-state index contributed by atoms with van der Waals surface area (Å²) in [5.74, 6) is 2.16. The van der Waals surface area contributed by atoms with Crippen LogP contribution >= 0.6 is 11.6 Å². The number of anilines is 1. The average Bonchev–Trinajstić information content (AvgIpc) is 2.65. The Hall–Kier alpha value is -1.95. The highest BCUT2D eigenvalue weighted by atomic mass is 35.5. The number of nitrogens with zero attached hydrogens (tertiary/aromatic N) is 3. The largest absolute Gasteiger partial charge is 0.444 e. The maximum absolute atomic E-state index is 11.0. The Morgan fingerprint density at radius 1 is 1.26 bits per heavy atom. The summed E-state index contributed by atoms with van der Waals surface area (Å²) in [7, 11) is 0. The summed E-state index contributed by atoms with van der Waals surface area (Å²) < 4.78 is 5.43. The van der Waals surface area contributed by atoms with Crippen molar-refractivity contribution in [3.05, 3.63) is 33.9 Å². The van der Waals surface area contributed by atoms with Crippen LogP contribution in [0.1, 0.15) is 33.5 Å². The quantitative estimate of drug-likeness (QED) is 0.684. The molecule has 0 saturated heterocycles. The highest BCUT2D eigenvalue weighted by Crippen LogP contribution is 2.19. The molecule has 6 nitrogen and oxygen atoms in total. The lowest BCUT2D eigenvalue weighted by atomic mass is 10.3. The number of aromatic nitrogens is 3. The maximum atomic E-state index is 11.0. The first kappa shape index (κ1) is 13.5. The van der Waals surface area contributed by atoms with Crippen LogP contribution in [0.5, 0.6) is 0 Å². The van der Waals surface area contributed by atoms with Crippen molar-refractivity contribution in [1.29, 1.82) is 0 Å². The summed E-state index contributed by atoms with van der Waals surface area (Å²) in [6, 6.07) is 0. The molecule has 19 heavy (non-hydrogen) atoms. The van der Waals surface area contributed by atoms with Crippen molar-refractivity contribution >= 4 is 23.7 Å². The molecule has 7 heteroatoms. The number of nitrogens with one attached hydrogen (secondary N) is 1. The van der Waals surface area contributed by atoms with Gasteiger partial charge in [0, 0.05) is 0 Å². The second-order valence-electron chi connectivity index (χ2n) is 4.04. The molecular formula is C12H13ClN4O2. The van der Waals surface area contributed by atoms with E-state index in [0.29, 0.717) is 30.4 Å². The van der Waals surface area contributed by atoms with Crippen LogP contribution in [0.15, 0.2) is 4.42 Å². The average molecular weight is 281 g/mol. The number of rotatable bonds is 4. The fourth-order valence-electron chi connectivity index (χ4n) is 1.56. The van der Waals surface area contributed by atoms with E-state index in [1.165, 1.54) is 0 Å². The zero-order chi connectivity index (χ0) is 14.0. The maximum Gasteiger partial charge on any atom is 0.213 e. The van der Waals surface area contributed by atoms with Crippen LogP contribution in [0.4, 0.5) is 5.82 Å². The summed E-state index contributed by atoms with van der Waals surface area (Å²) in [5, 5.41) is 3.11. The van der Waals surface area contributed by atoms with Crippen molar-refractivity contribution in [2.24, 2.45) is 0 Å². The lowest BCUT2D eigenvalue weighted by Crippen LogP contribution is -2.07. The van der Waals surface area contributed by atoms with Gasteiger partial charge in [0.1, 0.15) is 22.6 Å². The summed E-state index contributed by atoms with van der Waals surface area (Å²) in [6.45, 7) is 5.73. The van der Waals surface area contributed by atoms with Crippen LogP contribution < -0.4 is 5.32 Å². The first-order chi connectivity index (χ1) is 9.01. The summed E-state index contributed by atoms with van der Waals surface area (Å²) in [6.07, 6.45) is 0.621. The van der Waals surface area contributed by atoms with Crippen LogP contribution in [-0.4, -0.2) is 21.2 Å². The SMILES string of the molecule is Cc1nc(Cl)c(C=O)c(NCc2nc(C)c(C)o2)n1. The van der Waals surface area contributed by atoms with E-state index in [-0.39, 0.29) is 10.7 Å². The van der Waals surface area contributed by atoms with E-state index in [4.69, 9.17) is 16.0 Å². The van der Waals surface area contributed by atoms with Gasteiger partial charge >= 0.3 is 0 Å². The van der Waals surface area contributed by atoms with Crippen LogP contribution in [0, 0.1) is 20.8 Å². The number of hydrogen-bond donors (Lipinski definition) is 1. The smallest absolute Gasteiger partial charge is 0.213 e. The van der Waals surface area contributed by atoms with Gasteiger partial charge < -0.3 is 9.73 Å². The Morgan fingerprint density at radius 2 is 2.00 bits per heavy atom. The predicted octanol–water partition coefficient (Wildman–Crippen LogP) is 2.47. The minimum atomic E-state index is 0.129. The van der Waals surface area contributed by atoms with Gasteiger partial charge in [-0.3, -0.25) is 4.79 Å². The second kappa shape index (κ2) is 5.36. The van der Waals surface area contributed by atoms with Crippen LogP contribution in [0.25, 0.3) is 0 Å². The number of oxazole rings is 1. The van der Waals surface area contributed by atoms with Gasteiger partial charge in [-0.2, -0.15) is 0 Å². The molecule has 0 aromatic carbocycles. The number of aldehydes is 1. The van der Waals surface area contributed by atoms with Crippen molar-refractivity contribution in [2.45, 2.75) is 27.3 Å². The molecule has 0 atom stereocenters. The van der Waals surface area contributed by atoms with E-state index in [9.17, 15) is 4.79 Å². The van der Waals surface area contributed by atoms with Gasteiger partial charge in [-0.15, -0.1) is 0 Å². The third-order valence-corrected chi connectivity index (χ3v) is 2.90. The molecule has 0 fully saturated rings. The standard InChI is InChI=1S/C12H13ClN4O2/c1-6-7(2)19-10(15-6)4-14-12-9(5-18)11(13)16-8(3)17-12/h5H,4H2,1-3H3,(H,14,16,17). The molecule has 0 amide bonds. The van der Waals surface area contributed by atoms with E-state index >= 15 is 0 Å². The van der Waals surface area contributed by atoms with E-state index in [2.05, 4.69) is 20.3 Å². The zero-order valence-electron chi connectivity index (χ0n) is 10.8. The zero-order valence-corrected chi connectivity index (χ0v) is 11.6. The van der Waals surface area contributed by atoms with Crippen molar-refractivity contribution < 1.29 is 9.21 Å². The summed E-state index contributed by atoms with van der Waals surface area (Å²) in [4.78, 5) is 23.3. The van der Waals surface area contributed by atoms with E-state index in [1.54, 1.807) is 6.92 Å². The van der Waals surface area contributed by atoms with Crippen LogP contribution in [0.3, 0.4) is 0 Å². The van der Waals surface area contributed by atoms with Crippen LogP contribution in [-0.2, 0) is 6.54 Å².